The quantitative estimate of drug-likeness (QED) is 0.0503. The summed E-state index contributed by atoms with van der Waals surface area (Å²) in [6, 6.07) is 4.63. The Labute approximate surface area is 314 Å². The highest BCUT2D eigenvalue weighted by atomic mass is 32.2. The Morgan fingerprint density at radius 1 is 1.05 bits per heavy atom. The molecule has 7 N–H and O–H groups in total. The van der Waals surface area contributed by atoms with Crippen LogP contribution in [-0.2, 0) is 30.5 Å². The number of ether oxygens (including phenoxy) is 1. The number of carbonyl (C=O) groups excluding carboxylic acids is 3. The number of nitrogens with zero attached hydrogens (tertiary/aromatic N) is 5. The number of rotatable bonds is 14. The van der Waals surface area contributed by atoms with Gasteiger partial charge in [0.15, 0.2) is 17.9 Å². The number of phenols is 2. The predicted octanol–water partition coefficient (Wildman–Crippen LogP) is 0.0491. The van der Waals surface area contributed by atoms with E-state index in [-0.39, 0.29) is 50.4 Å². The number of aryl methyl sites for hydroxylation is 1. The molecule has 3 atom stereocenters. The van der Waals surface area contributed by atoms with E-state index in [0.717, 1.165) is 45.2 Å². The van der Waals surface area contributed by atoms with Gasteiger partial charge in [0.1, 0.15) is 46.8 Å². The zero-order chi connectivity index (χ0) is 39.7. The number of aromatic nitrogens is 4. The third-order valence-electron chi connectivity index (χ3n) is 8.24. The third kappa shape index (κ3) is 7.59. The van der Waals surface area contributed by atoms with Crippen LogP contribution >= 0.6 is 23.5 Å². The van der Waals surface area contributed by atoms with Crippen LogP contribution in [0.15, 0.2) is 62.0 Å². The molecule has 2 aliphatic rings. The molecule has 3 amide bonds. The van der Waals surface area contributed by atoms with E-state index < -0.39 is 88.7 Å². The second kappa shape index (κ2) is 15.4. The Morgan fingerprint density at radius 2 is 1.78 bits per heavy atom. The van der Waals surface area contributed by atoms with Gasteiger partial charge in [-0.25, -0.2) is 14.3 Å². The van der Waals surface area contributed by atoms with Crippen molar-refractivity contribution < 1.29 is 63.5 Å². The number of carboxylic acids is 3. The first-order chi connectivity index (χ1) is 26.2. The minimum absolute atomic E-state index is 0.00854. The number of hydrogen-bond acceptors (Lipinski definition) is 16. The first-order valence-corrected chi connectivity index (χ1v) is 17.7. The smallest absolute Gasteiger partial charge is 0.352 e. The number of aromatic hydroxyl groups is 2. The Morgan fingerprint density at radius 3 is 2.45 bits per heavy atom. The van der Waals surface area contributed by atoms with Crippen molar-refractivity contribution in [3.8, 4) is 17.2 Å². The summed E-state index contributed by atoms with van der Waals surface area (Å²) in [4.78, 5) is 90.0. The van der Waals surface area contributed by atoms with E-state index in [1.54, 1.807) is 0 Å². The fraction of sp³-hybridized carbons (Fsp3) is 0.250. The van der Waals surface area contributed by atoms with E-state index in [0.29, 0.717) is 5.57 Å². The van der Waals surface area contributed by atoms with Gasteiger partial charge < -0.3 is 45.3 Å². The lowest BCUT2D eigenvalue weighted by molar-refractivity contribution is -0.151. The van der Waals surface area contributed by atoms with Gasteiger partial charge in [0.25, 0.3) is 11.8 Å². The standard InChI is InChI=1S/C32H27N7O14S2/c1-12-20(24(45)16-6-7-17(40)25(46)26(16)53-12)27(47)33-21(13-2-4-15(5-3-13)52-9-19(43)44)28(48)34-22-29(49)39-23(31(50)51)14(10-54-30(22)39)11-55-32-35-36-37-38(32)8-18(41)42/h2-7,21-22,30,40,46H,8-11H2,1H3,(H,33,47)(H,34,48)(H,41,42)(H,43,44)(H,50,51)/t21?,22-,30-/m1/s1. The van der Waals surface area contributed by atoms with E-state index in [9.17, 15) is 48.9 Å². The molecule has 0 aliphatic carbocycles. The van der Waals surface area contributed by atoms with Crippen molar-refractivity contribution in [3.05, 3.63) is 74.8 Å². The van der Waals surface area contributed by atoms with Crippen LogP contribution in [-0.4, -0.2) is 116 Å². The first-order valence-electron chi connectivity index (χ1n) is 15.7. The molecule has 23 heteroatoms. The van der Waals surface area contributed by atoms with Crippen molar-refractivity contribution in [2.45, 2.75) is 36.1 Å². The molecule has 4 aromatic rings. The number of thioether (sulfide) groups is 2. The lowest BCUT2D eigenvalue weighted by Gasteiger charge is -2.49. The lowest BCUT2D eigenvalue weighted by atomic mass is 10.0. The highest BCUT2D eigenvalue weighted by molar-refractivity contribution is 8.01. The molecule has 0 spiro atoms. The number of β-lactam (4-membered cyclic amide) rings is 1. The third-order valence-corrected chi connectivity index (χ3v) is 10.6. The minimum Gasteiger partial charge on any atom is -0.504 e. The maximum atomic E-state index is 13.9. The van der Waals surface area contributed by atoms with Crippen LogP contribution in [0.5, 0.6) is 17.2 Å². The van der Waals surface area contributed by atoms with Gasteiger partial charge in [-0.2, -0.15) is 0 Å². The maximum Gasteiger partial charge on any atom is 0.352 e. The summed E-state index contributed by atoms with van der Waals surface area (Å²) in [6.45, 7) is 0.0573. The van der Waals surface area contributed by atoms with Gasteiger partial charge in [-0.1, -0.05) is 23.9 Å². The number of nitrogens with one attached hydrogen (secondary N) is 2. The fourth-order valence-electron chi connectivity index (χ4n) is 5.72. The Kier molecular flexibility index (Phi) is 10.7. The number of phenolic OH excluding ortho intramolecular Hbond substituents is 2. The zero-order valence-corrected chi connectivity index (χ0v) is 29.6. The van der Waals surface area contributed by atoms with E-state index in [4.69, 9.17) is 19.4 Å². The van der Waals surface area contributed by atoms with Gasteiger partial charge >= 0.3 is 17.9 Å². The highest BCUT2D eigenvalue weighted by Crippen LogP contribution is 2.42. The van der Waals surface area contributed by atoms with Crippen molar-refractivity contribution in [1.29, 1.82) is 0 Å². The predicted molar refractivity (Wildman–Crippen MR) is 186 cm³/mol. The lowest BCUT2D eigenvalue weighted by Crippen LogP contribution is -2.71. The maximum absolute atomic E-state index is 13.9. The molecule has 2 aromatic heterocycles. The van der Waals surface area contributed by atoms with E-state index in [1.165, 1.54) is 31.2 Å². The second-order valence-corrected chi connectivity index (χ2v) is 13.8. The van der Waals surface area contributed by atoms with E-state index >= 15 is 0 Å². The number of amides is 3. The molecule has 1 fully saturated rings. The molecule has 2 aromatic carbocycles. The van der Waals surface area contributed by atoms with Crippen molar-refractivity contribution >= 4 is 70.1 Å². The van der Waals surface area contributed by atoms with Gasteiger partial charge in [-0.05, 0) is 52.8 Å². The molecule has 1 saturated heterocycles. The van der Waals surface area contributed by atoms with Crippen LogP contribution in [0.3, 0.4) is 0 Å². The number of tetrazole rings is 1. The summed E-state index contributed by atoms with van der Waals surface area (Å²) in [7, 11) is 0. The van der Waals surface area contributed by atoms with Crippen LogP contribution in [0, 0.1) is 6.92 Å². The van der Waals surface area contributed by atoms with Gasteiger partial charge in [0, 0.05) is 11.5 Å². The Bertz CT molecular complexity index is 2360. The second-order valence-electron chi connectivity index (χ2n) is 11.8. The summed E-state index contributed by atoms with van der Waals surface area (Å²) in [6.07, 6.45) is 0. The largest absolute Gasteiger partial charge is 0.504 e. The molecule has 0 radical (unpaired) electrons. The number of carbonyl (C=O) groups is 6. The minimum atomic E-state index is -1.60. The van der Waals surface area contributed by atoms with Crippen molar-refractivity contribution in [3.63, 3.8) is 0 Å². The molecular weight excluding hydrogens is 771 g/mol. The molecule has 0 bridgehead atoms. The van der Waals surface area contributed by atoms with Crippen LogP contribution in [0.25, 0.3) is 11.0 Å². The Balaban J connectivity index is 1.25. The molecule has 2 aliphatic heterocycles. The van der Waals surface area contributed by atoms with Crippen molar-refractivity contribution in [1.82, 2.24) is 35.7 Å². The van der Waals surface area contributed by atoms with Gasteiger partial charge in [-0.3, -0.25) is 28.9 Å². The van der Waals surface area contributed by atoms with Crippen LogP contribution < -0.4 is 20.8 Å². The number of carboxylic acid groups (broad SMARTS) is 3. The summed E-state index contributed by atoms with van der Waals surface area (Å²) in [5, 5.41) is 62.9. The molecule has 286 valence electrons. The molecule has 6 rings (SSSR count). The normalized spacial score (nSPS) is 16.9. The van der Waals surface area contributed by atoms with Gasteiger partial charge in [-0.15, -0.1) is 16.9 Å². The molecule has 55 heavy (non-hydrogen) atoms. The monoisotopic (exact) mass is 797 g/mol. The Hall–Kier alpha value is -6.62. The molecule has 0 saturated carbocycles. The van der Waals surface area contributed by atoms with Crippen LogP contribution in [0.1, 0.15) is 27.7 Å². The van der Waals surface area contributed by atoms with Crippen molar-refractivity contribution in [2.24, 2.45) is 0 Å². The fourth-order valence-corrected chi connectivity index (χ4v) is 8.08. The van der Waals surface area contributed by atoms with E-state index in [2.05, 4.69) is 26.2 Å². The summed E-state index contributed by atoms with van der Waals surface area (Å²) in [5.41, 5.74) is -1.72. The zero-order valence-electron chi connectivity index (χ0n) is 28.0. The summed E-state index contributed by atoms with van der Waals surface area (Å²) < 4.78 is 11.7. The number of fused-ring (bicyclic) bond motifs is 2. The van der Waals surface area contributed by atoms with Crippen molar-refractivity contribution in [2.75, 3.05) is 18.1 Å². The molecule has 1 unspecified atom stereocenters. The number of aliphatic carboxylic acids is 3. The topological polar surface area (TPSA) is 314 Å². The number of benzene rings is 2. The highest BCUT2D eigenvalue weighted by Gasteiger charge is 2.54. The molecule has 21 nitrogen and oxygen atoms in total. The molecule has 4 heterocycles. The SMILES string of the molecule is Cc1oc2c(O)c(O)ccc2c(=O)c1C(=O)NC(C(=O)N[C@@H]1C(=O)N2C(C(=O)O)=C(CSc3nnnn3CC(=O)O)CS[C@H]12)c1ccc(OCC(=O)O)cc1. The molecular formula is C32H27N7O14S2. The van der Waals surface area contributed by atoms with Crippen LogP contribution in [0.2, 0.25) is 0 Å². The van der Waals surface area contributed by atoms with Gasteiger partial charge in [0.2, 0.25) is 22.2 Å². The first kappa shape index (κ1) is 38.1. The van der Waals surface area contributed by atoms with E-state index in [1.807, 2.05) is 0 Å². The summed E-state index contributed by atoms with van der Waals surface area (Å²) in [5.74, 6) is -8.05. The van der Waals surface area contributed by atoms with Gasteiger partial charge in [0.05, 0.1) is 5.39 Å². The van der Waals surface area contributed by atoms with Crippen LogP contribution in [0.4, 0.5) is 0 Å². The average Bonchev–Trinajstić information content (AvgIpc) is 3.58. The average molecular weight is 798 g/mol. The number of hydrogen-bond donors (Lipinski definition) is 7. The summed E-state index contributed by atoms with van der Waals surface area (Å²) >= 11 is 2.11.